The summed E-state index contributed by atoms with van der Waals surface area (Å²) in [7, 11) is 2.16. The zero-order valence-corrected chi connectivity index (χ0v) is 12.8. The first-order chi connectivity index (χ1) is 10.8. The molecule has 2 aliphatic rings. The van der Waals surface area contributed by atoms with Gasteiger partial charge < -0.3 is 4.90 Å². The summed E-state index contributed by atoms with van der Waals surface area (Å²) in [6, 6.07) is 4.81. The van der Waals surface area contributed by atoms with E-state index >= 15 is 0 Å². The van der Waals surface area contributed by atoms with E-state index in [1.807, 2.05) is 12.3 Å². The maximum Gasteiger partial charge on any atom is 0.151 e. The first-order valence-corrected chi connectivity index (χ1v) is 7.86. The van der Waals surface area contributed by atoms with Gasteiger partial charge in [-0.05, 0) is 49.6 Å². The highest BCUT2D eigenvalue weighted by atomic mass is 15.4. The van der Waals surface area contributed by atoms with Crippen molar-refractivity contribution in [3.63, 3.8) is 0 Å². The average molecular weight is 296 g/mol. The molecule has 6 nitrogen and oxygen atoms in total. The quantitative estimate of drug-likeness (QED) is 0.841. The second-order valence-corrected chi connectivity index (χ2v) is 6.25. The number of rotatable bonds is 4. The average Bonchev–Trinajstić information content (AvgIpc) is 2.94. The Hall–Kier alpha value is -2.08. The van der Waals surface area contributed by atoms with Crippen LogP contribution in [0.4, 0.5) is 5.82 Å². The second kappa shape index (κ2) is 5.61. The molecule has 0 spiro atoms. The van der Waals surface area contributed by atoms with E-state index < -0.39 is 0 Å². The molecule has 4 rings (SSSR count). The molecule has 2 aromatic heterocycles. The van der Waals surface area contributed by atoms with Crippen molar-refractivity contribution in [1.82, 2.24) is 25.3 Å². The Kier molecular flexibility index (Phi) is 3.46. The van der Waals surface area contributed by atoms with Gasteiger partial charge in [-0.3, -0.25) is 4.90 Å². The van der Waals surface area contributed by atoms with Crippen molar-refractivity contribution < 1.29 is 0 Å². The number of nitrogens with zero attached hydrogens (tertiary/aromatic N) is 6. The van der Waals surface area contributed by atoms with Crippen LogP contribution in [0.1, 0.15) is 23.2 Å². The van der Waals surface area contributed by atoms with Crippen LogP contribution in [0.2, 0.25) is 0 Å². The van der Waals surface area contributed by atoms with Crippen molar-refractivity contribution in [2.75, 3.05) is 25.0 Å². The Morgan fingerprint density at radius 1 is 1.23 bits per heavy atom. The van der Waals surface area contributed by atoms with Gasteiger partial charge in [-0.1, -0.05) is 0 Å². The molecule has 0 unspecified atom stereocenters. The van der Waals surface area contributed by atoms with E-state index in [2.05, 4.69) is 43.3 Å². The van der Waals surface area contributed by atoms with E-state index in [1.165, 1.54) is 23.2 Å². The van der Waals surface area contributed by atoms with E-state index in [0.29, 0.717) is 6.04 Å². The minimum absolute atomic E-state index is 0.559. The molecule has 1 saturated heterocycles. The van der Waals surface area contributed by atoms with Crippen molar-refractivity contribution in [2.45, 2.75) is 31.8 Å². The third kappa shape index (κ3) is 2.54. The standard InChI is InChI=1S/C16H20N6/c1-21(9-12-5-6-17-18-8-12)14-10-22(11-14)16-7-13-3-2-4-15(13)19-20-16/h5-8,14H,2-4,9-11H2,1H3. The van der Waals surface area contributed by atoms with Crippen LogP contribution >= 0.6 is 0 Å². The van der Waals surface area contributed by atoms with Gasteiger partial charge in [0.15, 0.2) is 5.82 Å². The highest BCUT2D eigenvalue weighted by Crippen LogP contribution is 2.26. The number of anilines is 1. The minimum Gasteiger partial charge on any atom is -0.352 e. The molecule has 0 atom stereocenters. The van der Waals surface area contributed by atoms with Gasteiger partial charge in [0.1, 0.15) is 0 Å². The predicted molar refractivity (Wildman–Crippen MR) is 83.6 cm³/mol. The molecular formula is C16H20N6. The lowest BCUT2D eigenvalue weighted by Crippen LogP contribution is -2.58. The third-order valence-corrected chi connectivity index (χ3v) is 4.69. The molecule has 1 aliphatic heterocycles. The lowest BCUT2D eigenvalue weighted by atomic mass is 10.1. The molecule has 1 fully saturated rings. The summed E-state index contributed by atoms with van der Waals surface area (Å²) >= 11 is 0. The van der Waals surface area contributed by atoms with Gasteiger partial charge in [0.05, 0.1) is 11.9 Å². The predicted octanol–water partition coefficient (Wildman–Crippen LogP) is 1.08. The Balaban J connectivity index is 1.35. The lowest BCUT2D eigenvalue weighted by Gasteiger charge is -2.44. The zero-order chi connectivity index (χ0) is 14.9. The van der Waals surface area contributed by atoms with E-state index in [-0.39, 0.29) is 0 Å². The van der Waals surface area contributed by atoms with E-state index in [1.54, 1.807) is 6.20 Å². The highest BCUT2D eigenvalue weighted by molar-refractivity contribution is 5.45. The Labute approximate surface area is 130 Å². The van der Waals surface area contributed by atoms with Crippen molar-refractivity contribution in [3.05, 3.63) is 41.3 Å². The van der Waals surface area contributed by atoms with Gasteiger partial charge in [0, 0.05) is 31.9 Å². The molecular weight excluding hydrogens is 276 g/mol. The van der Waals surface area contributed by atoms with Crippen LogP contribution in [-0.2, 0) is 19.4 Å². The van der Waals surface area contributed by atoms with Gasteiger partial charge in [0.2, 0.25) is 0 Å². The highest BCUT2D eigenvalue weighted by Gasteiger charge is 2.31. The zero-order valence-electron chi connectivity index (χ0n) is 12.8. The number of hydrogen-bond acceptors (Lipinski definition) is 6. The summed E-state index contributed by atoms with van der Waals surface area (Å²) in [5.41, 5.74) is 3.79. The summed E-state index contributed by atoms with van der Waals surface area (Å²) in [6.45, 7) is 2.94. The van der Waals surface area contributed by atoms with Gasteiger partial charge in [-0.15, -0.1) is 5.10 Å². The second-order valence-electron chi connectivity index (χ2n) is 6.25. The van der Waals surface area contributed by atoms with Gasteiger partial charge in [-0.25, -0.2) is 0 Å². The summed E-state index contributed by atoms with van der Waals surface area (Å²) in [5, 5.41) is 16.5. The van der Waals surface area contributed by atoms with Crippen LogP contribution in [-0.4, -0.2) is 51.5 Å². The summed E-state index contributed by atoms with van der Waals surface area (Å²) in [4.78, 5) is 4.69. The lowest BCUT2D eigenvalue weighted by molar-refractivity contribution is 0.196. The van der Waals surface area contributed by atoms with E-state index in [4.69, 9.17) is 0 Å². The SMILES string of the molecule is CN(Cc1ccnnc1)C1CN(c2cc3c(nn2)CCC3)C1. The molecule has 3 heterocycles. The maximum atomic E-state index is 4.39. The molecule has 1 aliphatic carbocycles. The van der Waals surface area contributed by atoms with Crippen LogP contribution in [0, 0.1) is 0 Å². The van der Waals surface area contributed by atoms with Crippen LogP contribution in [0.15, 0.2) is 24.5 Å². The molecule has 22 heavy (non-hydrogen) atoms. The monoisotopic (exact) mass is 296 g/mol. The van der Waals surface area contributed by atoms with Crippen LogP contribution in [0.25, 0.3) is 0 Å². The van der Waals surface area contributed by atoms with E-state index in [9.17, 15) is 0 Å². The van der Waals surface area contributed by atoms with Crippen LogP contribution < -0.4 is 4.90 Å². The van der Waals surface area contributed by atoms with Crippen molar-refractivity contribution in [3.8, 4) is 0 Å². The Bertz CT molecular complexity index is 653. The Morgan fingerprint density at radius 3 is 2.95 bits per heavy atom. The summed E-state index contributed by atoms with van der Waals surface area (Å²) < 4.78 is 0. The number of aryl methyl sites for hydroxylation is 2. The van der Waals surface area contributed by atoms with Gasteiger partial charge >= 0.3 is 0 Å². The number of fused-ring (bicyclic) bond motifs is 1. The number of aromatic nitrogens is 4. The fourth-order valence-corrected chi connectivity index (χ4v) is 3.22. The van der Waals surface area contributed by atoms with Crippen molar-refractivity contribution in [2.24, 2.45) is 0 Å². The fraction of sp³-hybridized carbons (Fsp3) is 0.500. The van der Waals surface area contributed by atoms with Crippen LogP contribution in [0.3, 0.4) is 0 Å². The molecule has 114 valence electrons. The number of likely N-dealkylation sites (N-methyl/N-ethyl adjacent to an activating group) is 1. The summed E-state index contributed by atoms with van der Waals surface area (Å²) in [5.74, 6) is 1.04. The first-order valence-electron chi connectivity index (χ1n) is 7.86. The normalized spacial score (nSPS) is 17.6. The third-order valence-electron chi connectivity index (χ3n) is 4.69. The molecule has 0 aromatic carbocycles. The molecule has 0 bridgehead atoms. The Morgan fingerprint density at radius 2 is 2.14 bits per heavy atom. The topological polar surface area (TPSA) is 58.0 Å². The fourth-order valence-electron chi connectivity index (χ4n) is 3.22. The number of hydrogen-bond donors (Lipinski definition) is 0. The molecule has 2 aromatic rings. The summed E-state index contributed by atoms with van der Waals surface area (Å²) in [6.07, 6.45) is 7.05. The minimum atomic E-state index is 0.559. The van der Waals surface area contributed by atoms with Gasteiger partial charge in [-0.2, -0.15) is 15.3 Å². The van der Waals surface area contributed by atoms with E-state index in [0.717, 1.165) is 38.3 Å². The molecule has 0 saturated carbocycles. The van der Waals surface area contributed by atoms with Crippen LogP contribution in [0.5, 0.6) is 0 Å². The smallest absolute Gasteiger partial charge is 0.151 e. The molecule has 6 heteroatoms. The maximum absolute atomic E-state index is 4.39. The molecule has 0 amide bonds. The molecule has 0 radical (unpaired) electrons. The first kappa shape index (κ1) is 13.6. The molecule has 0 N–H and O–H groups in total. The largest absolute Gasteiger partial charge is 0.352 e. The van der Waals surface area contributed by atoms with Crippen molar-refractivity contribution >= 4 is 5.82 Å². The van der Waals surface area contributed by atoms with Crippen molar-refractivity contribution in [1.29, 1.82) is 0 Å². The van der Waals surface area contributed by atoms with Gasteiger partial charge in [0.25, 0.3) is 0 Å².